The number of hydrogen-bond donors (Lipinski definition) is 4. The maximum absolute atomic E-state index is 11.4. The molecule has 0 fully saturated rings. The van der Waals surface area contributed by atoms with Crippen LogP contribution in [0.5, 0.6) is 0 Å². The normalized spacial score (nSPS) is 12.0. The van der Waals surface area contributed by atoms with Crippen LogP contribution in [-0.2, 0) is 9.59 Å². The van der Waals surface area contributed by atoms with Gasteiger partial charge in [-0.3, -0.25) is 9.59 Å². The van der Waals surface area contributed by atoms with Crippen LogP contribution >= 0.6 is 0 Å². The summed E-state index contributed by atoms with van der Waals surface area (Å²) >= 11 is 0. The van der Waals surface area contributed by atoms with Crippen molar-refractivity contribution in [2.45, 2.75) is 12.5 Å². The molecule has 1 aromatic carbocycles. The maximum atomic E-state index is 11.4. The van der Waals surface area contributed by atoms with Crippen LogP contribution in [0.2, 0.25) is 0 Å². The molecular formula is C14H16N2O5. The average molecular weight is 292 g/mol. The number of aliphatic carboxylic acids is 1. The first-order valence-corrected chi connectivity index (χ1v) is 6.17. The molecule has 7 nitrogen and oxygen atoms in total. The summed E-state index contributed by atoms with van der Waals surface area (Å²) in [6.45, 7) is 0.0528. The van der Waals surface area contributed by atoms with E-state index in [4.69, 9.17) is 15.9 Å². The fourth-order valence-corrected chi connectivity index (χ4v) is 1.44. The number of hydrogen-bond acceptors (Lipinski definition) is 4. The predicted molar refractivity (Wildman–Crippen MR) is 75.3 cm³/mol. The van der Waals surface area contributed by atoms with Gasteiger partial charge in [0.15, 0.2) is 6.10 Å². The molecule has 0 radical (unpaired) electrons. The molecule has 0 heterocycles. The van der Waals surface area contributed by atoms with Gasteiger partial charge in [0.05, 0.1) is 0 Å². The standard InChI is InChI=1S/C14H16N2O5/c15-13(19)10-4-1-9(2-5-10)3-6-12(18)16-8-7-11(17)14(20)21/h1-6,11,17H,7-8H2,(H2,15,19)(H,16,18)(H,20,21)/b6-3+/t11-/m0/s1. The highest BCUT2D eigenvalue weighted by atomic mass is 16.4. The van der Waals surface area contributed by atoms with Crippen molar-refractivity contribution in [3.05, 3.63) is 41.5 Å². The third kappa shape index (κ3) is 5.87. The van der Waals surface area contributed by atoms with Crippen LogP contribution in [-0.4, -0.2) is 40.6 Å². The highest BCUT2D eigenvalue weighted by Crippen LogP contribution is 2.05. The molecule has 0 saturated heterocycles. The monoisotopic (exact) mass is 292 g/mol. The summed E-state index contributed by atoms with van der Waals surface area (Å²) in [7, 11) is 0. The number of aliphatic hydroxyl groups excluding tert-OH is 1. The first-order chi connectivity index (χ1) is 9.90. The van der Waals surface area contributed by atoms with E-state index in [-0.39, 0.29) is 13.0 Å². The topological polar surface area (TPSA) is 130 Å². The largest absolute Gasteiger partial charge is 0.479 e. The van der Waals surface area contributed by atoms with Crippen molar-refractivity contribution in [2.24, 2.45) is 5.73 Å². The van der Waals surface area contributed by atoms with Crippen molar-refractivity contribution >= 4 is 23.9 Å². The molecule has 7 heteroatoms. The van der Waals surface area contributed by atoms with Gasteiger partial charge in [0.25, 0.3) is 0 Å². The smallest absolute Gasteiger partial charge is 0.332 e. The number of rotatable bonds is 7. The Morgan fingerprint density at radius 2 is 1.86 bits per heavy atom. The molecule has 1 aromatic rings. The summed E-state index contributed by atoms with van der Waals surface area (Å²) in [5.74, 6) is -2.26. The summed E-state index contributed by atoms with van der Waals surface area (Å²) in [6, 6.07) is 6.36. The van der Waals surface area contributed by atoms with E-state index < -0.39 is 23.9 Å². The Morgan fingerprint density at radius 3 is 2.38 bits per heavy atom. The molecule has 0 aliphatic heterocycles. The Bertz CT molecular complexity index is 551. The minimum atomic E-state index is -1.49. The van der Waals surface area contributed by atoms with E-state index in [1.54, 1.807) is 24.3 Å². The molecule has 0 aliphatic rings. The molecular weight excluding hydrogens is 276 g/mol. The number of nitrogens with one attached hydrogen (secondary N) is 1. The van der Waals surface area contributed by atoms with Crippen LogP contribution in [0.3, 0.4) is 0 Å². The first kappa shape index (κ1) is 16.4. The fourth-order valence-electron chi connectivity index (χ4n) is 1.44. The van der Waals surface area contributed by atoms with E-state index in [2.05, 4.69) is 5.32 Å². The second kappa shape index (κ2) is 7.81. The average Bonchev–Trinajstić information content (AvgIpc) is 2.45. The molecule has 1 rings (SSSR count). The zero-order chi connectivity index (χ0) is 15.8. The zero-order valence-corrected chi connectivity index (χ0v) is 11.2. The van der Waals surface area contributed by atoms with Crippen molar-refractivity contribution in [2.75, 3.05) is 6.54 Å². The zero-order valence-electron chi connectivity index (χ0n) is 11.2. The van der Waals surface area contributed by atoms with E-state index in [1.165, 1.54) is 12.2 Å². The van der Waals surface area contributed by atoms with Crippen molar-refractivity contribution in [1.82, 2.24) is 5.32 Å². The first-order valence-electron chi connectivity index (χ1n) is 6.17. The molecule has 0 unspecified atom stereocenters. The van der Waals surface area contributed by atoms with E-state index in [1.807, 2.05) is 0 Å². The molecule has 21 heavy (non-hydrogen) atoms. The second-order valence-corrected chi connectivity index (χ2v) is 4.25. The number of carbonyl (C=O) groups excluding carboxylic acids is 2. The lowest BCUT2D eigenvalue weighted by atomic mass is 10.1. The quantitative estimate of drug-likeness (QED) is 0.515. The predicted octanol–water partition coefficient (Wildman–Crippen LogP) is -0.250. The molecule has 5 N–H and O–H groups in total. The number of aliphatic hydroxyl groups is 1. The van der Waals surface area contributed by atoms with Gasteiger partial charge in [-0.25, -0.2) is 4.79 Å². The van der Waals surface area contributed by atoms with E-state index >= 15 is 0 Å². The van der Waals surface area contributed by atoms with Gasteiger partial charge in [-0.1, -0.05) is 12.1 Å². The number of carbonyl (C=O) groups is 3. The summed E-state index contributed by atoms with van der Waals surface area (Å²) in [5, 5.41) is 19.9. The summed E-state index contributed by atoms with van der Waals surface area (Å²) in [6.07, 6.45) is 1.25. The Kier molecular flexibility index (Phi) is 6.09. The number of amides is 2. The molecule has 0 aromatic heterocycles. The van der Waals surface area contributed by atoms with Crippen molar-refractivity contribution in [1.29, 1.82) is 0 Å². The molecule has 0 saturated carbocycles. The Labute approximate surface area is 121 Å². The summed E-state index contributed by atoms with van der Waals surface area (Å²) < 4.78 is 0. The maximum Gasteiger partial charge on any atom is 0.332 e. The number of nitrogens with two attached hydrogens (primary N) is 1. The van der Waals surface area contributed by atoms with Gasteiger partial charge in [0, 0.05) is 24.6 Å². The van der Waals surface area contributed by atoms with Gasteiger partial charge in [0.1, 0.15) is 0 Å². The Morgan fingerprint density at radius 1 is 1.24 bits per heavy atom. The van der Waals surface area contributed by atoms with Gasteiger partial charge >= 0.3 is 5.97 Å². The van der Waals surface area contributed by atoms with Crippen LogP contribution in [0.25, 0.3) is 6.08 Å². The van der Waals surface area contributed by atoms with Gasteiger partial charge in [-0.15, -0.1) is 0 Å². The Hall–Kier alpha value is -2.67. The number of benzene rings is 1. The van der Waals surface area contributed by atoms with Gasteiger partial charge < -0.3 is 21.3 Å². The molecule has 0 spiro atoms. The summed E-state index contributed by atoms with van der Waals surface area (Å²) in [4.78, 5) is 32.7. The van der Waals surface area contributed by atoms with E-state index in [0.29, 0.717) is 11.1 Å². The van der Waals surface area contributed by atoms with Crippen molar-refractivity contribution in [3.63, 3.8) is 0 Å². The second-order valence-electron chi connectivity index (χ2n) is 4.25. The molecule has 112 valence electrons. The van der Waals surface area contributed by atoms with Crippen LogP contribution in [0.4, 0.5) is 0 Å². The summed E-state index contributed by atoms with van der Waals surface area (Å²) in [5.41, 5.74) is 6.19. The minimum absolute atomic E-state index is 0.0528. The fraction of sp³-hybridized carbons (Fsp3) is 0.214. The Balaban J connectivity index is 2.43. The van der Waals surface area contributed by atoms with Crippen LogP contribution < -0.4 is 11.1 Å². The lowest BCUT2D eigenvalue weighted by Crippen LogP contribution is -2.28. The number of carboxylic acid groups (broad SMARTS) is 1. The van der Waals surface area contributed by atoms with Crippen LogP contribution in [0.1, 0.15) is 22.3 Å². The molecule has 0 aliphatic carbocycles. The minimum Gasteiger partial charge on any atom is -0.479 e. The van der Waals surface area contributed by atoms with Gasteiger partial charge in [-0.2, -0.15) is 0 Å². The van der Waals surface area contributed by atoms with Gasteiger partial charge in [-0.05, 0) is 23.8 Å². The van der Waals surface area contributed by atoms with Crippen LogP contribution in [0.15, 0.2) is 30.3 Å². The highest BCUT2D eigenvalue weighted by molar-refractivity contribution is 5.94. The molecule has 0 bridgehead atoms. The molecule has 1 atom stereocenters. The third-order valence-corrected chi connectivity index (χ3v) is 2.62. The van der Waals surface area contributed by atoms with E-state index in [9.17, 15) is 14.4 Å². The van der Waals surface area contributed by atoms with E-state index in [0.717, 1.165) is 0 Å². The highest BCUT2D eigenvalue weighted by Gasteiger charge is 2.12. The lowest BCUT2D eigenvalue weighted by molar-refractivity contribution is -0.147. The number of primary amides is 1. The lowest BCUT2D eigenvalue weighted by Gasteiger charge is -2.05. The van der Waals surface area contributed by atoms with Crippen molar-refractivity contribution in [3.8, 4) is 0 Å². The SMILES string of the molecule is NC(=O)c1ccc(/C=C/C(=O)NCC[C@H](O)C(=O)O)cc1. The van der Waals surface area contributed by atoms with Gasteiger partial charge in [0.2, 0.25) is 11.8 Å². The third-order valence-electron chi connectivity index (χ3n) is 2.62. The molecule has 2 amide bonds. The van der Waals surface area contributed by atoms with Crippen LogP contribution in [0, 0.1) is 0 Å². The number of carboxylic acids is 1. The van der Waals surface area contributed by atoms with Crippen molar-refractivity contribution < 1.29 is 24.6 Å².